The quantitative estimate of drug-likeness (QED) is 0.486. The lowest BCUT2D eigenvalue weighted by atomic mass is 10.0. The summed E-state index contributed by atoms with van der Waals surface area (Å²) in [6.07, 6.45) is -4.06. The number of carbonyl (C=O) groups excluding carboxylic acids is 1. The predicted molar refractivity (Wildman–Crippen MR) is 136 cm³/mol. The monoisotopic (exact) mass is 538 g/mol. The van der Waals surface area contributed by atoms with E-state index in [-0.39, 0.29) is 37.3 Å². The van der Waals surface area contributed by atoms with Gasteiger partial charge in [0.15, 0.2) is 11.5 Å². The first-order chi connectivity index (χ1) is 18.7. The highest BCUT2D eigenvalue weighted by molar-refractivity contribution is 5.95. The molecule has 0 saturated heterocycles. The van der Waals surface area contributed by atoms with Crippen LogP contribution in [0.25, 0.3) is 0 Å². The molecule has 202 valence electrons. The summed E-state index contributed by atoms with van der Waals surface area (Å²) in [7, 11) is 0. The van der Waals surface area contributed by atoms with Gasteiger partial charge in [0.25, 0.3) is 11.5 Å². The van der Waals surface area contributed by atoms with E-state index in [0.717, 1.165) is 12.1 Å². The second-order valence-corrected chi connectivity index (χ2v) is 9.21. The second-order valence-electron chi connectivity index (χ2n) is 9.21. The summed E-state index contributed by atoms with van der Waals surface area (Å²) in [4.78, 5) is 33.1. The molecule has 39 heavy (non-hydrogen) atoms. The number of nitrogens with zero attached hydrogens (tertiary/aromatic N) is 3. The molecule has 0 saturated carbocycles. The van der Waals surface area contributed by atoms with Crippen LogP contribution in [-0.2, 0) is 25.7 Å². The average molecular weight is 539 g/mol. The molecule has 1 N–H and O–H groups in total. The van der Waals surface area contributed by atoms with E-state index in [2.05, 4.69) is 17.2 Å². The van der Waals surface area contributed by atoms with E-state index < -0.39 is 17.8 Å². The smallest absolute Gasteiger partial charge is 0.416 e. The summed E-state index contributed by atoms with van der Waals surface area (Å²) in [5.41, 5.74) is 0.937. The van der Waals surface area contributed by atoms with Gasteiger partial charge in [-0.3, -0.25) is 14.2 Å². The van der Waals surface area contributed by atoms with E-state index in [1.54, 1.807) is 36.9 Å². The van der Waals surface area contributed by atoms with Gasteiger partial charge in [-0.05, 0) is 49.7 Å². The molecule has 2 aliphatic rings. The molecule has 2 aliphatic heterocycles. The maximum absolute atomic E-state index is 13.6. The minimum Gasteiger partial charge on any atom is -0.454 e. The third-order valence-corrected chi connectivity index (χ3v) is 6.72. The number of nitrogens with one attached hydrogen (secondary N) is 1. The zero-order chi connectivity index (χ0) is 27.7. The van der Waals surface area contributed by atoms with Gasteiger partial charge in [0.2, 0.25) is 12.7 Å². The molecule has 8 nitrogen and oxygen atoms in total. The number of fused-ring (bicyclic) bond motifs is 2. The number of halogens is 3. The summed E-state index contributed by atoms with van der Waals surface area (Å²) >= 11 is 0. The first-order valence-corrected chi connectivity index (χ1v) is 12.3. The van der Waals surface area contributed by atoms with Gasteiger partial charge in [0.1, 0.15) is 0 Å². The lowest BCUT2D eigenvalue weighted by Gasteiger charge is -2.29. The van der Waals surface area contributed by atoms with Gasteiger partial charge in [0.05, 0.1) is 36.0 Å². The van der Waals surface area contributed by atoms with Gasteiger partial charge < -0.3 is 19.7 Å². The fourth-order valence-corrected chi connectivity index (χ4v) is 4.55. The van der Waals surface area contributed by atoms with E-state index in [1.165, 1.54) is 16.7 Å². The van der Waals surface area contributed by atoms with Gasteiger partial charge in [-0.15, -0.1) is 5.92 Å². The number of aromatic nitrogens is 2. The Morgan fingerprint density at radius 1 is 1.15 bits per heavy atom. The summed E-state index contributed by atoms with van der Waals surface area (Å²) in [5.74, 6) is 6.74. The van der Waals surface area contributed by atoms with Crippen LogP contribution in [0, 0.1) is 11.8 Å². The molecule has 3 aromatic rings. The van der Waals surface area contributed by atoms with Crippen LogP contribution in [0.5, 0.6) is 11.5 Å². The van der Waals surface area contributed by atoms with Crippen molar-refractivity contribution in [3.63, 3.8) is 0 Å². The number of carbonyl (C=O) groups is 1. The fraction of sp³-hybridized carbons (Fsp3) is 0.321. The number of hydrogen-bond acceptors (Lipinski definition) is 6. The number of anilines is 1. The van der Waals surface area contributed by atoms with Crippen LogP contribution in [0.15, 0.2) is 47.3 Å². The summed E-state index contributed by atoms with van der Waals surface area (Å²) in [5, 5.41) is 3.17. The maximum atomic E-state index is 13.6. The van der Waals surface area contributed by atoms with E-state index in [9.17, 15) is 22.8 Å². The van der Waals surface area contributed by atoms with Crippen LogP contribution in [0.3, 0.4) is 0 Å². The van der Waals surface area contributed by atoms with Gasteiger partial charge in [-0.1, -0.05) is 18.1 Å². The normalized spacial score (nSPS) is 14.7. The summed E-state index contributed by atoms with van der Waals surface area (Å²) < 4.78 is 51.0. The standard InChI is InChI=1S/C28H25F3N4O4/c1-3-4-12-35-26(37)21-15-34(25(36)19-7-10-23-24(14-19)39-16-38-23)13-11-22(21)33-27(35)32-17(2)18-5-8-20(9-6-18)28(29,30)31/h5-10,14,17H,11-13,15-16H2,1-2H3,(H,32,33)/t17-/m0/s1. The Bertz CT molecular complexity index is 1540. The van der Waals surface area contributed by atoms with Crippen molar-refractivity contribution in [2.75, 3.05) is 18.7 Å². The first-order valence-electron chi connectivity index (χ1n) is 12.3. The molecule has 0 fully saturated rings. The number of rotatable bonds is 5. The van der Waals surface area contributed by atoms with Crippen molar-refractivity contribution in [3.8, 4) is 23.3 Å². The molecule has 5 rings (SSSR count). The highest BCUT2D eigenvalue weighted by Crippen LogP contribution is 2.33. The van der Waals surface area contributed by atoms with Crippen molar-refractivity contribution in [2.45, 2.75) is 45.6 Å². The molecule has 0 bridgehead atoms. The Balaban J connectivity index is 1.41. The number of benzene rings is 2. The molecule has 3 heterocycles. The maximum Gasteiger partial charge on any atom is 0.416 e. The third kappa shape index (κ3) is 5.27. The molecular formula is C28H25F3N4O4. The lowest BCUT2D eigenvalue weighted by molar-refractivity contribution is -0.137. The van der Waals surface area contributed by atoms with Crippen molar-refractivity contribution >= 4 is 11.9 Å². The van der Waals surface area contributed by atoms with Gasteiger partial charge in [-0.2, -0.15) is 13.2 Å². The van der Waals surface area contributed by atoms with Gasteiger partial charge >= 0.3 is 6.18 Å². The fourth-order valence-electron chi connectivity index (χ4n) is 4.55. The zero-order valence-corrected chi connectivity index (χ0v) is 21.3. The summed E-state index contributed by atoms with van der Waals surface area (Å²) in [6.45, 7) is 4.04. The van der Waals surface area contributed by atoms with Gasteiger partial charge in [-0.25, -0.2) is 4.98 Å². The topological polar surface area (TPSA) is 85.7 Å². The SMILES string of the molecule is CC#CCn1c(N[C@@H](C)c2ccc(C(F)(F)F)cc2)nc2c(c1=O)CN(C(=O)c1ccc3c(c1)OCO3)CC2. The number of alkyl halides is 3. The van der Waals surface area contributed by atoms with Crippen LogP contribution in [-0.4, -0.2) is 33.7 Å². The van der Waals surface area contributed by atoms with Crippen LogP contribution in [0.2, 0.25) is 0 Å². The first kappa shape index (κ1) is 26.2. The molecule has 11 heteroatoms. The van der Waals surface area contributed by atoms with Crippen molar-refractivity contribution in [1.82, 2.24) is 14.5 Å². The molecule has 0 aliphatic carbocycles. The molecule has 1 amide bonds. The van der Waals surface area contributed by atoms with E-state index >= 15 is 0 Å². The Morgan fingerprint density at radius 2 is 1.90 bits per heavy atom. The van der Waals surface area contributed by atoms with Crippen LogP contribution in [0.4, 0.5) is 19.1 Å². The van der Waals surface area contributed by atoms with Gasteiger partial charge in [0, 0.05) is 18.5 Å². The largest absolute Gasteiger partial charge is 0.454 e. The molecule has 1 aromatic heterocycles. The van der Waals surface area contributed by atoms with Crippen LogP contribution in [0.1, 0.15) is 52.6 Å². The molecule has 2 aromatic carbocycles. The highest BCUT2D eigenvalue weighted by Gasteiger charge is 2.31. The van der Waals surface area contributed by atoms with Crippen LogP contribution < -0.4 is 20.3 Å². The third-order valence-electron chi connectivity index (χ3n) is 6.72. The molecule has 1 atom stereocenters. The molecule has 0 radical (unpaired) electrons. The summed E-state index contributed by atoms with van der Waals surface area (Å²) in [6, 6.07) is 9.37. The Morgan fingerprint density at radius 3 is 2.62 bits per heavy atom. The number of hydrogen-bond donors (Lipinski definition) is 1. The van der Waals surface area contributed by atoms with Crippen molar-refractivity contribution in [1.29, 1.82) is 0 Å². The Kier molecular flexibility index (Phi) is 6.95. The van der Waals surface area contributed by atoms with E-state index in [1.807, 2.05) is 0 Å². The Hall–Kier alpha value is -4.46. The second kappa shape index (κ2) is 10.4. The molecule has 0 unspecified atom stereocenters. The van der Waals surface area contributed by atoms with E-state index in [0.29, 0.717) is 46.8 Å². The van der Waals surface area contributed by atoms with E-state index in [4.69, 9.17) is 14.5 Å². The molecule has 0 spiro atoms. The number of amides is 1. The minimum absolute atomic E-state index is 0.0633. The van der Waals surface area contributed by atoms with Crippen molar-refractivity contribution in [3.05, 3.63) is 80.8 Å². The highest BCUT2D eigenvalue weighted by atomic mass is 19.4. The Labute approximate surface area is 222 Å². The average Bonchev–Trinajstić information content (AvgIpc) is 3.40. The number of ether oxygens (including phenoxy) is 2. The van der Waals surface area contributed by atoms with Crippen molar-refractivity contribution in [2.24, 2.45) is 0 Å². The molecular weight excluding hydrogens is 513 g/mol. The van der Waals surface area contributed by atoms with Crippen LogP contribution >= 0.6 is 0 Å². The zero-order valence-electron chi connectivity index (χ0n) is 21.3. The lowest BCUT2D eigenvalue weighted by Crippen LogP contribution is -2.41. The predicted octanol–water partition coefficient (Wildman–Crippen LogP) is 4.39. The van der Waals surface area contributed by atoms with Crippen molar-refractivity contribution < 1.29 is 27.4 Å². The minimum atomic E-state index is -4.42.